The van der Waals surface area contributed by atoms with Crippen LogP contribution in [0.3, 0.4) is 0 Å². The standard InChI is InChI=1S/C36H46N4.Cr/c1-9-23-25(11-3)33-29(15-7)35-27(13-5)28(14-6)36(40-35)30(16-8)34-26(12-4)24(10-2)32(39-34)20-22-18-17-21(37-22)19-31(23)38-33;/h17-20,37-38H,9-16H2,1-8H3;. The van der Waals surface area contributed by atoms with Gasteiger partial charge in [-0.1, -0.05) is 55.4 Å². The van der Waals surface area contributed by atoms with Crippen LogP contribution in [0.5, 0.6) is 0 Å². The first-order valence-electron chi connectivity index (χ1n) is 15.7. The fraction of sp³-hybridized carbons (Fsp3) is 0.444. The van der Waals surface area contributed by atoms with Gasteiger partial charge in [-0.05, 0) is 109 Å². The van der Waals surface area contributed by atoms with Crippen LogP contribution in [-0.4, -0.2) is 19.9 Å². The molecule has 0 fully saturated rings. The van der Waals surface area contributed by atoms with Crippen molar-refractivity contribution >= 4 is 44.4 Å². The SMILES string of the molecule is CCC1=C(CC)c2nc1cc1ccc(cc3[nH]c(c(CC)c4nc(c2CC)C(CC)=C4CC)c(CC)c3CC)[nH]1.[Cr]. The van der Waals surface area contributed by atoms with Crippen LogP contribution < -0.4 is 0 Å². The van der Waals surface area contributed by atoms with E-state index in [0.717, 1.165) is 73.8 Å². The molecule has 5 heterocycles. The van der Waals surface area contributed by atoms with Crippen molar-refractivity contribution in [2.75, 3.05) is 0 Å². The van der Waals surface area contributed by atoms with E-state index in [1.807, 2.05) is 0 Å². The number of aromatic amines is 2. The fourth-order valence-electron chi connectivity index (χ4n) is 7.07. The molecule has 0 aliphatic carbocycles. The number of hydrogen-bond acceptors (Lipinski definition) is 2. The summed E-state index contributed by atoms with van der Waals surface area (Å²) in [5.41, 5.74) is 20.3. The maximum atomic E-state index is 5.57. The molecule has 0 radical (unpaired) electrons. The maximum absolute atomic E-state index is 5.57. The zero-order chi connectivity index (χ0) is 28.6. The van der Waals surface area contributed by atoms with Crippen LogP contribution in [0.25, 0.3) is 44.4 Å². The molecule has 3 aromatic rings. The van der Waals surface area contributed by atoms with Crippen LogP contribution >= 0.6 is 0 Å². The van der Waals surface area contributed by atoms with Crippen LogP contribution in [0.2, 0.25) is 0 Å². The minimum Gasteiger partial charge on any atom is -0.355 e. The molecule has 2 aliphatic heterocycles. The molecule has 2 aliphatic rings. The van der Waals surface area contributed by atoms with Gasteiger partial charge in [0.2, 0.25) is 0 Å². The maximum Gasteiger partial charge on any atom is 0.0726 e. The molecule has 216 valence electrons. The van der Waals surface area contributed by atoms with Gasteiger partial charge in [-0.2, -0.15) is 0 Å². The Morgan fingerprint density at radius 1 is 0.488 bits per heavy atom. The number of nitrogens with one attached hydrogen (secondary N) is 2. The Kier molecular flexibility index (Phi) is 9.83. The molecule has 0 unspecified atom stereocenters. The molecule has 3 aromatic heterocycles. The van der Waals surface area contributed by atoms with Gasteiger partial charge in [-0.25, -0.2) is 9.97 Å². The molecular formula is C36H46CrN4. The Morgan fingerprint density at radius 3 is 1.51 bits per heavy atom. The van der Waals surface area contributed by atoms with Crippen molar-refractivity contribution in [1.82, 2.24) is 19.9 Å². The zero-order valence-electron chi connectivity index (χ0n) is 26.3. The van der Waals surface area contributed by atoms with Crippen molar-refractivity contribution in [3.63, 3.8) is 0 Å². The van der Waals surface area contributed by atoms with Crippen molar-refractivity contribution in [3.8, 4) is 0 Å². The summed E-state index contributed by atoms with van der Waals surface area (Å²) in [5.74, 6) is 0. The van der Waals surface area contributed by atoms with E-state index in [4.69, 9.17) is 9.97 Å². The molecule has 0 saturated heterocycles. The monoisotopic (exact) mass is 586 g/mol. The van der Waals surface area contributed by atoms with Gasteiger partial charge in [0.15, 0.2) is 0 Å². The Morgan fingerprint density at radius 2 is 0.976 bits per heavy atom. The van der Waals surface area contributed by atoms with E-state index in [2.05, 4.69) is 89.6 Å². The summed E-state index contributed by atoms with van der Waals surface area (Å²) in [5, 5.41) is 0. The van der Waals surface area contributed by atoms with Gasteiger partial charge in [0.25, 0.3) is 0 Å². The van der Waals surface area contributed by atoms with Crippen LogP contribution in [0.15, 0.2) is 24.3 Å². The summed E-state index contributed by atoms with van der Waals surface area (Å²) in [6, 6.07) is 8.89. The van der Waals surface area contributed by atoms with E-state index in [-0.39, 0.29) is 17.4 Å². The number of rotatable bonds is 8. The average molecular weight is 587 g/mol. The van der Waals surface area contributed by atoms with Crippen molar-refractivity contribution in [2.45, 2.75) is 107 Å². The molecule has 41 heavy (non-hydrogen) atoms. The molecule has 0 amide bonds. The van der Waals surface area contributed by atoms with Crippen LogP contribution in [0.1, 0.15) is 126 Å². The summed E-state index contributed by atoms with van der Waals surface area (Å²) in [4.78, 5) is 18.5. The minimum absolute atomic E-state index is 0. The largest absolute Gasteiger partial charge is 0.355 e. The second kappa shape index (κ2) is 13.0. The van der Waals surface area contributed by atoms with Gasteiger partial charge in [0.1, 0.15) is 0 Å². The van der Waals surface area contributed by atoms with Gasteiger partial charge in [-0.15, -0.1) is 0 Å². The van der Waals surface area contributed by atoms with Gasteiger partial charge in [0.05, 0.1) is 22.8 Å². The first-order chi connectivity index (χ1) is 19.5. The van der Waals surface area contributed by atoms with Gasteiger partial charge in [-0.3, -0.25) is 0 Å². The Hall–Kier alpha value is -2.87. The summed E-state index contributed by atoms with van der Waals surface area (Å²) < 4.78 is 0. The van der Waals surface area contributed by atoms with E-state index < -0.39 is 0 Å². The zero-order valence-corrected chi connectivity index (χ0v) is 27.5. The quantitative estimate of drug-likeness (QED) is 0.276. The van der Waals surface area contributed by atoms with E-state index >= 15 is 0 Å². The van der Waals surface area contributed by atoms with Gasteiger partial charge in [0, 0.05) is 50.6 Å². The average Bonchev–Trinajstić information content (AvgIpc) is 3.73. The van der Waals surface area contributed by atoms with E-state index in [9.17, 15) is 0 Å². The summed E-state index contributed by atoms with van der Waals surface area (Å²) in [7, 11) is 0. The first kappa shape index (κ1) is 31.1. The predicted molar refractivity (Wildman–Crippen MR) is 173 cm³/mol. The molecule has 4 nitrogen and oxygen atoms in total. The van der Waals surface area contributed by atoms with Crippen molar-refractivity contribution in [2.24, 2.45) is 0 Å². The topological polar surface area (TPSA) is 57.4 Å². The summed E-state index contributed by atoms with van der Waals surface area (Å²) in [6.07, 6.45) is 7.74. The molecule has 0 saturated carbocycles. The fourth-order valence-corrected chi connectivity index (χ4v) is 7.07. The second-order valence-electron chi connectivity index (χ2n) is 10.9. The van der Waals surface area contributed by atoms with Crippen molar-refractivity contribution in [3.05, 3.63) is 69.3 Å². The molecule has 2 N–H and O–H groups in total. The number of fused-ring (bicyclic) bond motifs is 8. The van der Waals surface area contributed by atoms with E-state index in [1.165, 1.54) is 67.0 Å². The van der Waals surface area contributed by atoms with Crippen LogP contribution in [-0.2, 0) is 43.0 Å². The second-order valence-corrected chi connectivity index (χ2v) is 10.9. The number of aryl methyl sites for hydroxylation is 3. The molecule has 5 rings (SSSR count). The molecule has 0 atom stereocenters. The number of allylic oxidation sites excluding steroid dienone is 4. The smallest absolute Gasteiger partial charge is 0.0726 e. The van der Waals surface area contributed by atoms with E-state index in [0.29, 0.717) is 0 Å². The third-order valence-corrected chi connectivity index (χ3v) is 8.91. The van der Waals surface area contributed by atoms with Crippen molar-refractivity contribution in [1.29, 1.82) is 0 Å². The minimum atomic E-state index is 0. The third-order valence-electron chi connectivity index (χ3n) is 8.91. The molecule has 5 heteroatoms. The number of aromatic nitrogens is 4. The first-order valence-corrected chi connectivity index (χ1v) is 15.7. The van der Waals surface area contributed by atoms with Crippen LogP contribution in [0, 0.1) is 0 Å². The predicted octanol–water partition coefficient (Wildman–Crippen LogP) is 10.0. The summed E-state index contributed by atoms with van der Waals surface area (Å²) >= 11 is 0. The van der Waals surface area contributed by atoms with Crippen LogP contribution in [0.4, 0.5) is 0 Å². The normalized spacial score (nSPS) is 13.3. The van der Waals surface area contributed by atoms with Gasteiger partial charge < -0.3 is 9.97 Å². The Balaban J connectivity index is 0.00000387. The third kappa shape index (κ3) is 5.17. The van der Waals surface area contributed by atoms with Crippen molar-refractivity contribution < 1.29 is 17.4 Å². The number of H-pyrrole nitrogens is 2. The molecular weight excluding hydrogens is 540 g/mol. The molecule has 0 aromatic carbocycles. The summed E-state index contributed by atoms with van der Waals surface area (Å²) in [6.45, 7) is 18.2. The molecule has 0 spiro atoms. The number of hydrogen-bond donors (Lipinski definition) is 2. The van der Waals surface area contributed by atoms with Gasteiger partial charge >= 0.3 is 0 Å². The molecule has 8 bridgehead atoms. The Bertz CT molecular complexity index is 1680. The Labute approximate surface area is 257 Å². The van der Waals surface area contributed by atoms with E-state index in [1.54, 1.807) is 0 Å². The number of nitrogens with zero attached hydrogens (tertiary/aromatic N) is 2.